The van der Waals surface area contributed by atoms with Gasteiger partial charge in [0.05, 0.1) is 11.4 Å². The van der Waals surface area contributed by atoms with Crippen LogP contribution in [0.5, 0.6) is 0 Å². The van der Waals surface area contributed by atoms with Gasteiger partial charge in [0.1, 0.15) is 17.0 Å². The summed E-state index contributed by atoms with van der Waals surface area (Å²) in [7, 11) is 0. The van der Waals surface area contributed by atoms with Crippen LogP contribution in [-0.4, -0.2) is 15.0 Å². The Hall–Kier alpha value is -2.79. The molecule has 0 aliphatic heterocycles. The number of hydrogen-bond acceptors (Lipinski definition) is 5. The van der Waals surface area contributed by atoms with Crippen LogP contribution >= 0.6 is 11.3 Å². The number of fused-ring (bicyclic) bond motifs is 3. The fourth-order valence-electron chi connectivity index (χ4n) is 3.74. The van der Waals surface area contributed by atoms with Crippen LogP contribution < -0.4 is 5.32 Å². The van der Waals surface area contributed by atoms with Crippen LogP contribution in [0, 0.1) is 0 Å². The van der Waals surface area contributed by atoms with Crippen molar-refractivity contribution in [3.05, 3.63) is 82.8 Å². The molecule has 0 fully saturated rings. The molecule has 4 nitrogen and oxygen atoms in total. The second-order valence-electron chi connectivity index (χ2n) is 6.53. The lowest BCUT2D eigenvalue weighted by molar-refractivity contribution is 0.912. The maximum Gasteiger partial charge on any atom is 0.139 e. The van der Waals surface area contributed by atoms with Crippen molar-refractivity contribution in [1.82, 2.24) is 15.0 Å². The highest BCUT2D eigenvalue weighted by atomic mass is 32.1. The van der Waals surface area contributed by atoms with Crippen molar-refractivity contribution in [3.8, 4) is 0 Å². The number of anilines is 1. The molecule has 3 heterocycles. The zero-order valence-corrected chi connectivity index (χ0v) is 15.0. The summed E-state index contributed by atoms with van der Waals surface area (Å²) >= 11 is 1.82. The first-order valence-corrected chi connectivity index (χ1v) is 9.68. The van der Waals surface area contributed by atoms with Crippen molar-refractivity contribution in [2.24, 2.45) is 0 Å². The molecule has 0 amide bonds. The average molecular weight is 358 g/mol. The number of nitrogens with zero attached hydrogens (tertiary/aromatic N) is 3. The third kappa shape index (κ3) is 2.65. The second-order valence-corrected chi connectivity index (χ2v) is 7.61. The minimum absolute atomic E-state index is 0.0225. The van der Waals surface area contributed by atoms with Gasteiger partial charge < -0.3 is 5.32 Å². The quantitative estimate of drug-likeness (QED) is 0.570. The van der Waals surface area contributed by atoms with E-state index in [0.717, 1.165) is 17.1 Å². The molecule has 0 spiro atoms. The Morgan fingerprint density at radius 2 is 1.73 bits per heavy atom. The van der Waals surface area contributed by atoms with Crippen molar-refractivity contribution < 1.29 is 0 Å². The monoisotopic (exact) mass is 358 g/mol. The van der Waals surface area contributed by atoms with Gasteiger partial charge in [0.15, 0.2) is 0 Å². The third-order valence-corrected chi connectivity index (χ3v) is 6.15. The largest absolute Gasteiger partial charge is 0.358 e. The maximum atomic E-state index is 4.62. The summed E-state index contributed by atoms with van der Waals surface area (Å²) in [4.78, 5) is 15.9. The predicted octanol–water partition coefficient (Wildman–Crippen LogP) is 4.78. The molecule has 0 saturated carbocycles. The van der Waals surface area contributed by atoms with Crippen LogP contribution in [0.3, 0.4) is 0 Å². The lowest BCUT2D eigenvalue weighted by atomic mass is 9.99. The Balaban J connectivity index is 1.62. The molecule has 0 bridgehead atoms. The minimum Gasteiger partial charge on any atom is -0.358 e. The first-order chi connectivity index (χ1) is 12.9. The topological polar surface area (TPSA) is 50.7 Å². The molecule has 0 unspecified atom stereocenters. The van der Waals surface area contributed by atoms with Crippen molar-refractivity contribution in [3.63, 3.8) is 0 Å². The van der Waals surface area contributed by atoms with Crippen LogP contribution in [0.25, 0.3) is 10.2 Å². The molecule has 0 radical (unpaired) electrons. The lowest BCUT2D eigenvalue weighted by Crippen LogP contribution is -2.14. The normalized spacial score (nSPS) is 14.3. The number of thiophene rings is 1. The van der Waals surface area contributed by atoms with Gasteiger partial charge in [0.25, 0.3) is 0 Å². The third-order valence-electron chi connectivity index (χ3n) is 4.95. The molecule has 1 atom stereocenters. The summed E-state index contributed by atoms with van der Waals surface area (Å²) in [5.41, 5.74) is 3.82. The smallest absolute Gasteiger partial charge is 0.139 e. The summed E-state index contributed by atoms with van der Waals surface area (Å²) in [5.74, 6) is 0.931. The second kappa shape index (κ2) is 6.50. The summed E-state index contributed by atoms with van der Waals surface area (Å²) in [6, 6.07) is 14.6. The van der Waals surface area contributed by atoms with Gasteiger partial charge in [-0.15, -0.1) is 11.3 Å². The van der Waals surface area contributed by atoms with E-state index in [4.69, 9.17) is 0 Å². The Labute approximate surface area is 156 Å². The molecular weight excluding hydrogens is 340 g/mol. The maximum absolute atomic E-state index is 4.62. The van der Waals surface area contributed by atoms with Gasteiger partial charge >= 0.3 is 0 Å². The SMILES string of the molecule is c1ccc([C@@H](Nc2ncnc3sc4c(c23)CCC4)c2ccncc2)cc1. The Morgan fingerprint density at radius 1 is 0.923 bits per heavy atom. The summed E-state index contributed by atoms with van der Waals surface area (Å²) in [6.45, 7) is 0. The molecule has 3 aromatic heterocycles. The fourth-order valence-corrected chi connectivity index (χ4v) is 4.96. The summed E-state index contributed by atoms with van der Waals surface area (Å²) in [6.07, 6.45) is 8.88. The van der Waals surface area contributed by atoms with E-state index in [2.05, 4.69) is 56.7 Å². The minimum atomic E-state index is 0.0225. The zero-order valence-electron chi connectivity index (χ0n) is 14.2. The molecule has 5 heteroatoms. The van der Waals surface area contributed by atoms with Crippen molar-refractivity contribution in [2.75, 3.05) is 5.32 Å². The van der Waals surface area contributed by atoms with Gasteiger partial charge in [-0.3, -0.25) is 4.98 Å². The van der Waals surface area contributed by atoms with E-state index in [1.54, 1.807) is 6.33 Å². The van der Waals surface area contributed by atoms with Crippen LogP contribution in [0.15, 0.2) is 61.2 Å². The van der Waals surface area contributed by atoms with E-state index in [0.29, 0.717) is 0 Å². The highest BCUT2D eigenvalue weighted by Gasteiger charge is 2.23. The lowest BCUT2D eigenvalue weighted by Gasteiger charge is -2.21. The summed E-state index contributed by atoms with van der Waals surface area (Å²) in [5, 5.41) is 4.91. The van der Waals surface area contributed by atoms with Gasteiger partial charge in [-0.1, -0.05) is 30.3 Å². The average Bonchev–Trinajstić information content (AvgIpc) is 3.29. The highest BCUT2D eigenvalue weighted by molar-refractivity contribution is 7.19. The fraction of sp³-hybridized carbons (Fsp3) is 0.190. The van der Waals surface area contributed by atoms with E-state index >= 15 is 0 Å². The Bertz CT molecular complexity index is 1000. The van der Waals surface area contributed by atoms with Gasteiger partial charge in [-0.2, -0.15) is 0 Å². The van der Waals surface area contributed by atoms with Crippen LogP contribution in [-0.2, 0) is 12.8 Å². The molecule has 1 aliphatic rings. The van der Waals surface area contributed by atoms with E-state index < -0.39 is 0 Å². The van der Waals surface area contributed by atoms with Crippen molar-refractivity contribution in [2.45, 2.75) is 25.3 Å². The van der Waals surface area contributed by atoms with Gasteiger partial charge in [-0.05, 0) is 48.1 Å². The van der Waals surface area contributed by atoms with Crippen LogP contribution in [0.1, 0.15) is 34.0 Å². The predicted molar refractivity (Wildman–Crippen MR) is 106 cm³/mol. The van der Waals surface area contributed by atoms with E-state index in [-0.39, 0.29) is 6.04 Å². The van der Waals surface area contributed by atoms with Crippen molar-refractivity contribution in [1.29, 1.82) is 0 Å². The highest BCUT2D eigenvalue weighted by Crippen LogP contribution is 2.40. The number of hydrogen-bond donors (Lipinski definition) is 1. The molecule has 4 aromatic rings. The van der Waals surface area contributed by atoms with Gasteiger partial charge in [-0.25, -0.2) is 9.97 Å². The number of nitrogens with one attached hydrogen (secondary N) is 1. The number of pyridine rings is 1. The van der Waals surface area contributed by atoms with E-state index in [1.807, 2.05) is 29.8 Å². The first-order valence-electron chi connectivity index (χ1n) is 8.87. The zero-order chi connectivity index (χ0) is 17.3. The molecule has 0 saturated heterocycles. The number of rotatable bonds is 4. The van der Waals surface area contributed by atoms with E-state index in [1.165, 1.54) is 39.8 Å². The number of benzene rings is 1. The standard InChI is InChI=1S/C21H18N4S/c1-2-5-14(6-3-1)19(15-9-11-22-12-10-15)25-20-18-16-7-4-8-17(16)26-21(18)24-13-23-20/h1-3,5-6,9-13,19H,4,7-8H2,(H,23,24,25)/t19-/m1/s1. The van der Waals surface area contributed by atoms with Crippen LogP contribution in [0.2, 0.25) is 0 Å². The van der Waals surface area contributed by atoms with Crippen molar-refractivity contribution >= 4 is 27.4 Å². The van der Waals surface area contributed by atoms with E-state index in [9.17, 15) is 0 Å². The molecule has 128 valence electrons. The molecular formula is C21H18N4S. The van der Waals surface area contributed by atoms with Gasteiger partial charge in [0, 0.05) is 17.3 Å². The van der Waals surface area contributed by atoms with Gasteiger partial charge in [0.2, 0.25) is 0 Å². The summed E-state index contributed by atoms with van der Waals surface area (Å²) < 4.78 is 0. The molecule has 1 aromatic carbocycles. The number of aromatic nitrogens is 3. The molecule has 1 N–H and O–H groups in total. The Kier molecular flexibility index (Phi) is 3.87. The number of aryl methyl sites for hydroxylation is 2. The molecule has 1 aliphatic carbocycles. The first kappa shape index (κ1) is 15.5. The molecule has 26 heavy (non-hydrogen) atoms. The van der Waals surface area contributed by atoms with Crippen LogP contribution in [0.4, 0.5) is 5.82 Å². The molecule has 5 rings (SSSR count). The Morgan fingerprint density at radius 3 is 2.58 bits per heavy atom.